The lowest BCUT2D eigenvalue weighted by Gasteiger charge is -2.37. The number of hydrogen-bond acceptors (Lipinski definition) is 2. The van der Waals surface area contributed by atoms with Gasteiger partial charge in [0.05, 0.1) is 0 Å². The highest BCUT2D eigenvalue weighted by Crippen LogP contribution is 2.28. The van der Waals surface area contributed by atoms with E-state index in [1.54, 1.807) is 0 Å². The van der Waals surface area contributed by atoms with Crippen molar-refractivity contribution in [2.24, 2.45) is 0 Å². The fraction of sp³-hybridized carbons (Fsp3) is 0.455. The van der Waals surface area contributed by atoms with Crippen molar-refractivity contribution in [2.75, 3.05) is 0 Å². The third kappa shape index (κ3) is 2.08. The van der Waals surface area contributed by atoms with E-state index in [9.17, 15) is 5.11 Å². The van der Waals surface area contributed by atoms with Gasteiger partial charge < -0.3 is 5.11 Å². The molecule has 0 bridgehead atoms. The molecule has 1 saturated carbocycles. The Morgan fingerprint density at radius 3 is 2.46 bits per heavy atom. The Labute approximate surface area is 78.6 Å². The first-order valence-corrected chi connectivity index (χ1v) is 4.80. The molecule has 1 aromatic rings. The maximum absolute atomic E-state index is 9.76. The summed E-state index contributed by atoms with van der Waals surface area (Å²) in [6.45, 7) is 0.761. The van der Waals surface area contributed by atoms with Gasteiger partial charge in [-0.15, -0.1) is 0 Å². The smallest absolute Gasteiger partial charge is 0.116 e. The van der Waals surface area contributed by atoms with Gasteiger partial charge in [0.15, 0.2) is 0 Å². The lowest BCUT2D eigenvalue weighted by atomic mass is 9.88. The molecule has 0 atom stereocenters. The van der Waals surface area contributed by atoms with Crippen LogP contribution in [0, 0.1) is 0 Å². The Kier molecular flexibility index (Phi) is 2.34. The summed E-state index contributed by atoms with van der Waals surface area (Å²) in [7, 11) is 0. The van der Waals surface area contributed by atoms with Crippen LogP contribution >= 0.6 is 0 Å². The summed E-state index contributed by atoms with van der Waals surface area (Å²) in [6, 6.07) is 10.2. The predicted molar refractivity (Wildman–Crippen MR) is 52.1 cm³/mol. The summed E-state index contributed by atoms with van der Waals surface area (Å²) in [5.74, 6) is 0. The van der Waals surface area contributed by atoms with Gasteiger partial charge in [-0.05, 0) is 24.8 Å². The Morgan fingerprint density at radius 2 is 1.92 bits per heavy atom. The Bertz CT molecular complexity index is 267. The molecular formula is C11H15NO. The molecule has 0 saturated heterocycles. The molecule has 1 aliphatic rings. The number of benzene rings is 1. The van der Waals surface area contributed by atoms with E-state index < -0.39 is 5.72 Å². The van der Waals surface area contributed by atoms with Crippen molar-refractivity contribution >= 4 is 0 Å². The molecular weight excluding hydrogens is 162 g/mol. The SMILES string of the molecule is OC1(NCc2ccccc2)CCC1. The lowest BCUT2D eigenvalue weighted by molar-refractivity contribution is -0.0652. The molecule has 1 fully saturated rings. The van der Waals surface area contributed by atoms with Crippen LogP contribution in [0.1, 0.15) is 24.8 Å². The van der Waals surface area contributed by atoms with Gasteiger partial charge in [-0.25, -0.2) is 0 Å². The minimum Gasteiger partial charge on any atom is -0.376 e. The van der Waals surface area contributed by atoms with E-state index in [2.05, 4.69) is 17.4 Å². The number of aliphatic hydroxyl groups is 1. The average Bonchev–Trinajstić information content (AvgIpc) is 2.13. The Hall–Kier alpha value is -0.860. The molecule has 0 amide bonds. The summed E-state index contributed by atoms with van der Waals surface area (Å²) >= 11 is 0. The molecule has 2 N–H and O–H groups in total. The van der Waals surface area contributed by atoms with Crippen LogP contribution in [0.25, 0.3) is 0 Å². The van der Waals surface area contributed by atoms with Crippen LogP contribution < -0.4 is 5.32 Å². The highest BCUT2D eigenvalue weighted by molar-refractivity contribution is 5.14. The van der Waals surface area contributed by atoms with E-state index in [1.165, 1.54) is 5.56 Å². The second-order valence-electron chi connectivity index (χ2n) is 3.72. The number of hydrogen-bond donors (Lipinski definition) is 2. The lowest BCUT2D eigenvalue weighted by Crippen LogP contribution is -2.50. The maximum atomic E-state index is 9.76. The zero-order valence-corrected chi connectivity index (χ0v) is 7.66. The van der Waals surface area contributed by atoms with Gasteiger partial charge in [0, 0.05) is 6.54 Å². The summed E-state index contributed by atoms with van der Waals surface area (Å²) in [5, 5.41) is 12.9. The molecule has 13 heavy (non-hydrogen) atoms. The Morgan fingerprint density at radius 1 is 1.23 bits per heavy atom. The molecule has 0 unspecified atom stereocenters. The zero-order chi connectivity index (χ0) is 9.15. The molecule has 2 heteroatoms. The number of rotatable bonds is 3. The molecule has 0 aliphatic heterocycles. The largest absolute Gasteiger partial charge is 0.376 e. The number of nitrogens with one attached hydrogen (secondary N) is 1. The quantitative estimate of drug-likeness (QED) is 0.688. The summed E-state index contributed by atoms with van der Waals surface area (Å²) in [4.78, 5) is 0. The minimum atomic E-state index is -0.574. The van der Waals surface area contributed by atoms with Crippen LogP contribution in [0.15, 0.2) is 30.3 Å². The molecule has 0 spiro atoms. The summed E-state index contributed by atoms with van der Waals surface area (Å²) < 4.78 is 0. The second kappa shape index (κ2) is 3.48. The van der Waals surface area contributed by atoms with Gasteiger partial charge in [-0.3, -0.25) is 5.32 Å². The summed E-state index contributed by atoms with van der Waals surface area (Å²) in [6.07, 6.45) is 2.91. The monoisotopic (exact) mass is 177 g/mol. The van der Waals surface area contributed by atoms with Crippen molar-refractivity contribution in [1.82, 2.24) is 5.32 Å². The molecule has 0 radical (unpaired) electrons. The fourth-order valence-corrected chi connectivity index (χ4v) is 1.55. The van der Waals surface area contributed by atoms with E-state index in [4.69, 9.17) is 0 Å². The minimum absolute atomic E-state index is 0.574. The van der Waals surface area contributed by atoms with E-state index in [1.807, 2.05) is 18.2 Å². The van der Waals surface area contributed by atoms with E-state index >= 15 is 0 Å². The van der Waals surface area contributed by atoms with Crippen LogP contribution in [-0.4, -0.2) is 10.8 Å². The van der Waals surface area contributed by atoms with Crippen LogP contribution in [0.3, 0.4) is 0 Å². The van der Waals surface area contributed by atoms with Crippen LogP contribution in [0.5, 0.6) is 0 Å². The second-order valence-corrected chi connectivity index (χ2v) is 3.72. The third-order valence-electron chi connectivity index (χ3n) is 2.65. The van der Waals surface area contributed by atoms with Gasteiger partial charge in [0.1, 0.15) is 5.72 Å². The fourth-order valence-electron chi connectivity index (χ4n) is 1.55. The molecule has 2 nitrogen and oxygen atoms in total. The normalized spacial score (nSPS) is 19.5. The molecule has 1 aliphatic carbocycles. The van der Waals surface area contributed by atoms with Crippen LogP contribution in [0.4, 0.5) is 0 Å². The van der Waals surface area contributed by atoms with Crippen molar-refractivity contribution in [1.29, 1.82) is 0 Å². The van der Waals surface area contributed by atoms with E-state index in [0.717, 1.165) is 25.8 Å². The van der Waals surface area contributed by atoms with Crippen molar-refractivity contribution in [2.45, 2.75) is 31.5 Å². The molecule has 1 aromatic carbocycles. The van der Waals surface area contributed by atoms with Crippen molar-refractivity contribution in [3.8, 4) is 0 Å². The van der Waals surface area contributed by atoms with Crippen LogP contribution in [-0.2, 0) is 6.54 Å². The molecule has 70 valence electrons. The standard InChI is InChI=1S/C11H15NO/c13-11(7-4-8-11)12-9-10-5-2-1-3-6-10/h1-3,5-6,12-13H,4,7-9H2. The topological polar surface area (TPSA) is 32.3 Å². The van der Waals surface area contributed by atoms with Crippen molar-refractivity contribution in [3.05, 3.63) is 35.9 Å². The van der Waals surface area contributed by atoms with E-state index in [0.29, 0.717) is 0 Å². The Balaban J connectivity index is 1.86. The third-order valence-corrected chi connectivity index (χ3v) is 2.65. The highest BCUT2D eigenvalue weighted by atomic mass is 16.3. The van der Waals surface area contributed by atoms with Crippen LogP contribution in [0.2, 0.25) is 0 Å². The zero-order valence-electron chi connectivity index (χ0n) is 7.66. The predicted octanol–water partition coefficient (Wildman–Crippen LogP) is 1.65. The van der Waals surface area contributed by atoms with Gasteiger partial charge in [-0.1, -0.05) is 30.3 Å². The highest BCUT2D eigenvalue weighted by Gasteiger charge is 2.33. The van der Waals surface area contributed by atoms with Crippen molar-refractivity contribution in [3.63, 3.8) is 0 Å². The van der Waals surface area contributed by atoms with Gasteiger partial charge in [0.25, 0.3) is 0 Å². The average molecular weight is 177 g/mol. The first-order chi connectivity index (χ1) is 6.29. The van der Waals surface area contributed by atoms with Gasteiger partial charge >= 0.3 is 0 Å². The van der Waals surface area contributed by atoms with Gasteiger partial charge in [-0.2, -0.15) is 0 Å². The first-order valence-electron chi connectivity index (χ1n) is 4.80. The maximum Gasteiger partial charge on any atom is 0.116 e. The molecule has 0 heterocycles. The molecule has 0 aromatic heterocycles. The van der Waals surface area contributed by atoms with Gasteiger partial charge in [0.2, 0.25) is 0 Å². The summed E-state index contributed by atoms with van der Waals surface area (Å²) in [5.41, 5.74) is 0.651. The molecule has 2 rings (SSSR count). The first kappa shape index (κ1) is 8.73. The van der Waals surface area contributed by atoms with E-state index in [-0.39, 0.29) is 0 Å². The van der Waals surface area contributed by atoms with Crippen molar-refractivity contribution < 1.29 is 5.11 Å².